The van der Waals surface area contributed by atoms with Crippen molar-refractivity contribution in [3.63, 3.8) is 0 Å². The minimum atomic E-state index is -0.659. The molecule has 0 aromatic heterocycles. The zero-order chi connectivity index (χ0) is 12.3. The molecule has 0 bridgehead atoms. The van der Waals surface area contributed by atoms with E-state index in [9.17, 15) is 14.7 Å². The highest BCUT2D eigenvalue weighted by Crippen LogP contribution is 2.30. The number of ether oxygens (including phenoxy) is 2. The van der Waals surface area contributed by atoms with Gasteiger partial charge >= 0.3 is 11.9 Å². The average Bonchev–Trinajstić information content (AvgIpc) is 2.30. The van der Waals surface area contributed by atoms with Gasteiger partial charge in [0.1, 0.15) is 5.75 Å². The summed E-state index contributed by atoms with van der Waals surface area (Å²) in [6.45, 7) is 0. The van der Waals surface area contributed by atoms with Crippen LogP contribution in [0.15, 0.2) is 16.6 Å². The molecule has 1 N–H and O–H groups in total. The van der Waals surface area contributed by atoms with E-state index in [0.29, 0.717) is 0 Å². The van der Waals surface area contributed by atoms with Gasteiger partial charge in [0, 0.05) is 0 Å². The first-order chi connectivity index (χ1) is 7.51. The highest BCUT2D eigenvalue weighted by molar-refractivity contribution is 9.10. The van der Waals surface area contributed by atoms with Gasteiger partial charge in [-0.1, -0.05) is 0 Å². The molecule has 0 aliphatic rings. The van der Waals surface area contributed by atoms with E-state index in [1.807, 2.05) is 0 Å². The predicted molar refractivity (Wildman–Crippen MR) is 58.5 cm³/mol. The third-order valence-corrected chi connectivity index (χ3v) is 2.71. The van der Waals surface area contributed by atoms with Crippen LogP contribution in [0.4, 0.5) is 0 Å². The lowest BCUT2D eigenvalue weighted by atomic mass is 10.1. The lowest BCUT2D eigenvalue weighted by Crippen LogP contribution is -2.07. The van der Waals surface area contributed by atoms with Gasteiger partial charge < -0.3 is 14.6 Å². The summed E-state index contributed by atoms with van der Waals surface area (Å²) in [5.74, 6) is -1.54. The number of carbonyl (C=O) groups excluding carboxylic acids is 2. The second-order valence-corrected chi connectivity index (χ2v) is 3.63. The van der Waals surface area contributed by atoms with Crippen LogP contribution < -0.4 is 0 Å². The van der Waals surface area contributed by atoms with Crippen molar-refractivity contribution in [2.24, 2.45) is 0 Å². The van der Waals surface area contributed by atoms with Crippen molar-refractivity contribution >= 4 is 27.9 Å². The summed E-state index contributed by atoms with van der Waals surface area (Å²) in [7, 11) is 2.41. The molecule has 5 nitrogen and oxygen atoms in total. The van der Waals surface area contributed by atoms with Crippen LogP contribution in [0, 0.1) is 0 Å². The van der Waals surface area contributed by atoms with Gasteiger partial charge in [0.15, 0.2) is 0 Å². The van der Waals surface area contributed by atoms with Gasteiger partial charge in [0.2, 0.25) is 0 Å². The maximum absolute atomic E-state index is 11.3. The van der Waals surface area contributed by atoms with Gasteiger partial charge in [-0.15, -0.1) is 0 Å². The first kappa shape index (κ1) is 12.5. The van der Waals surface area contributed by atoms with Crippen molar-refractivity contribution in [2.45, 2.75) is 0 Å². The van der Waals surface area contributed by atoms with Crippen LogP contribution in [-0.2, 0) is 9.47 Å². The van der Waals surface area contributed by atoms with E-state index in [2.05, 4.69) is 25.4 Å². The molecule has 0 amide bonds. The topological polar surface area (TPSA) is 72.8 Å². The number of phenolic OH excluding ortho intramolecular Hbond substituents is 1. The number of aromatic hydroxyl groups is 1. The molecule has 0 heterocycles. The highest BCUT2D eigenvalue weighted by Gasteiger charge is 2.18. The van der Waals surface area contributed by atoms with Gasteiger partial charge in [-0.2, -0.15) is 0 Å². The number of hydrogen-bond donors (Lipinski definition) is 1. The molecule has 0 saturated carbocycles. The Labute approximate surface area is 100 Å². The molecule has 0 unspecified atom stereocenters. The van der Waals surface area contributed by atoms with E-state index in [1.54, 1.807) is 0 Å². The number of phenols is 1. The molecule has 0 spiro atoms. The van der Waals surface area contributed by atoms with Crippen LogP contribution >= 0.6 is 15.9 Å². The largest absolute Gasteiger partial charge is 0.507 e. The Hall–Kier alpha value is -1.56. The molecule has 1 aromatic carbocycles. The van der Waals surface area contributed by atoms with E-state index >= 15 is 0 Å². The van der Waals surface area contributed by atoms with Crippen LogP contribution in [0.2, 0.25) is 0 Å². The molecule has 0 atom stereocenters. The predicted octanol–water partition coefficient (Wildman–Crippen LogP) is 1.73. The molecule has 0 fully saturated rings. The molecular formula is C10H9BrO5. The Kier molecular flexibility index (Phi) is 3.89. The number of methoxy groups -OCH3 is 2. The zero-order valence-corrected chi connectivity index (χ0v) is 10.2. The van der Waals surface area contributed by atoms with E-state index in [-0.39, 0.29) is 21.3 Å². The summed E-state index contributed by atoms with van der Waals surface area (Å²) in [6, 6.07) is 2.48. The SMILES string of the molecule is COC(=O)c1cc(O)c(Br)c(C(=O)OC)c1. The maximum atomic E-state index is 11.3. The quantitative estimate of drug-likeness (QED) is 0.839. The molecule has 0 saturated heterocycles. The second-order valence-electron chi connectivity index (χ2n) is 2.84. The van der Waals surface area contributed by atoms with Crippen molar-refractivity contribution in [3.05, 3.63) is 27.7 Å². The zero-order valence-electron chi connectivity index (χ0n) is 8.61. The van der Waals surface area contributed by atoms with Gasteiger partial charge in [0.05, 0.1) is 29.8 Å². The van der Waals surface area contributed by atoms with Gasteiger partial charge in [0.25, 0.3) is 0 Å². The fourth-order valence-corrected chi connectivity index (χ4v) is 1.49. The molecular weight excluding hydrogens is 280 g/mol. The summed E-state index contributed by atoms with van der Waals surface area (Å²) in [5.41, 5.74) is 0.131. The fraction of sp³-hybridized carbons (Fsp3) is 0.200. The molecule has 0 radical (unpaired) electrons. The van der Waals surface area contributed by atoms with Gasteiger partial charge in [-0.25, -0.2) is 9.59 Å². The molecule has 0 aliphatic carbocycles. The number of carbonyl (C=O) groups is 2. The number of halogens is 1. The first-order valence-corrected chi connectivity index (χ1v) is 4.99. The number of benzene rings is 1. The molecule has 6 heteroatoms. The van der Waals surface area contributed by atoms with Crippen LogP contribution in [0.3, 0.4) is 0 Å². The van der Waals surface area contributed by atoms with E-state index < -0.39 is 11.9 Å². The van der Waals surface area contributed by atoms with Crippen LogP contribution in [-0.4, -0.2) is 31.3 Å². The van der Waals surface area contributed by atoms with Crippen LogP contribution in [0.5, 0.6) is 5.75 Å². The second kappa shape index (κ2) is 4.98. The molecule has 86 valence electrons. The van der Waals surface area contributed by atoms with Gasteiger partial charge in [-0.05, 0) is 28.1 Å². The standard InChI is InChI=1S/C10H9BrO5/c1-15-9(13)5-3-6(10(14)16-2)8(11)7(12)4-5/h3-4,12H,1-2H3. The fourth-order valence-electron chi connectivity index (χ4n) is 1.10. The van der Waals surface area contributed by atoms with Crippen molar-refractivity contribution in [3.8, 4) is 5.75 Å². The monoisotopic (exact) mass is 288 g/mol. The number of rotatable bonds is 2. The smallest absolute Gasteiger partial charge is 0.339 e. The lowest BCUT2D eigenvalue weighted by molar-refractivity contribution is 0.0597. The van der Waals surface area contributed by atoms with Crippen molar-refractivity contribution in [1.82, 2.24) is 0 Å². The Balaban J connectivity index is 3.33. The highest BCUT2D eigenvalue weighted by atomic mass is 79.9. The first-order valence-electron chi connectivity index (χ1n) is 4.20. The van der Waals surface area contributed by atoms with Gasteiger partial charge in [-0.3, -0.25) is 0 Å². The Bertz CT molecular complexity index is 441. The third-order valence-electron chi connectivity index (χ3n) is 1.88. The van der Waals surface area contributed by atoms with Crippen molar-refractivity contribution in [1.29, 1.82) is 0 Å². The van der Waals surface area contributed by atoms with E-state index in [0.717, 1.165) is 0 Å². The average molecular weight is 289 g/mol. The minimum Gasteiger partial charge on any atom is -0.507 e. The number of esters is 2. The van der Waals surface area contributed by atoms with E-state index in [4.69, 9.17) is 0 Å². The normalized spacial score (nSPS) is 9.69. The lowest BCUT2D eigenvalue weighted by Gasteiger charge is -2.07. The summed E-state index contributed by atoms with van der Waals surface area (Å²) in [4.78, 5) is 22.6. The van der Waals surface area contributed by atoms with Crippen LogP contribution in [0.1, 0.15) is 20.7 Å². The molecule has 0 aliphatic heterocycles. The molecule has 16 heavy (non-hydrogen) atoms. The maximum Gasteiger partial charge on any atom is 0.339 e. The van der Waals surface area contributed by atoms with Crippen molar-refractivity contribution < 1.29 is 24.2 Å². The third kappa shape index (κ3) is 2.33. The van der Waals surface area contributed by atoms with E-state index in [1.165, 1.54) is 26.4 Å². The number of hydrogen-bond acceptors (Lipinski definition) is 5. The summed E-state index contributed by atoms with van der Waals surface area (Å²) in [6.07, 6.45) is 0. The summed E-state index contributed by atoms with van der Waals surface area (Å²) in [5, 5.41) is 9.51. The minimum absolute atomic E-state index is 0.0582. The summed E-state index contributed by atoms with van der Waals surface area (Å²) < 4.78 is 9.16. The Morgan fingerprint density at radius 1 is 1.19 bits per heavy atom. The molecule has 1 aromatic rings. The van der Waals surface area contributed by atoms with Crippen LogP contribution in [0.25, 0.3) is 0 Å². The molecule has 1 rings (SSSR count). The summed E-state index contributed by atoms with van der Waals surface area (Å²) >= 11 is 3.02. The Morgan fingerprint density at radius 2 is 1.75 bits per heavy atom. The Morgan fingerprint density at radius 3 is 2.25 bits per heavy atom. The van der Waals surface area contributed by atoms with Crippen molar-refractivity contribution in [2.75, 3.05) is 14.2 Å².